The maximum atomic E-state index is 13.7. The van der Waals surface area contributed by atoms with Crippen molar-refractivity contribution >= 4 is 24.4 Å². The highest BCUT2D eigenvalue weighted by Crippen LogP contribution is 2.18. The molecule has 1 aromatic rings. The summed E-state index contributed by atoms with van der Waals surface area (Å²) in [7, 11) is -1.89. The van der Waals surface area contributed by atoms with E-state index in [1.165, 1.54) is 17.0 Å². The van der Waals surface area contributed by atoms with Crippen molar-refractivity contribution in [3.05, 3.63) is 24.0 Å². The van der Waals surface area contributed by atoms with E-state index in [2.05, 4.69) is 0 Å². The molecule has 1 rings (SSSR count). The van der Waals surface area contributed by atoms with Gasteiger partial charge in [0.25, 0.3) is 0 Å². The first-order valence-corrected chi connectivity index (χ1v) is 6.32. The fourth-order valence-corrected chi connectivity index (χ4v) is 1.63. The number of hydrogen-bond acceptors (Lipinski definition) is 4. The molecule has 0 heterocycles. The van der Waals surface area contributed by atoms with Gasteiger partial charge in [0.2, 0.25) is 0 Å². The van der Waals surface area contributed by atoms with E-state index in [9.17, 15) is 9.18 Å². The van der Waals surface area contributed by atoms with Gasteiger partial charge in [-0.3, -0.25) is 4.90 Å². The number of anilines is 1. The first-order valence-electron chi connectivity index (χ1n) is 6.32. The average molecular weight is 283 g/mol. The minimum absolute atomic E-state index is 0.242. The van der Waals surface area contributed by atoms with Crippen LogP contribution in [0.3, 0.4) is 0 Å². The molecule has 0 aliphatic carbocycles. The molecule has 0 aromatic heterocycles. The van der Waals surface area contributed by atoms with Gasteiger partial charge in [0, 0.05) is 17.7 Å². The van der Waals surface area contributed by atoms with E-state index in [-0.39, 0.29) is 5.46 Å². The fourth-order valence-electron chi connectivity index (χ4n) is 1.63. The number of ether oxygens (including phenoxy) is 1. The zero-order valence-corrected chi connectivity index (χ0v) is 12.1. The quantitative estimate of drug-likeness (QED) is 0.819. The van der Waals surface area contributed by atoms with Crippen LogP contribution >= 0.6 is 0 Å². The number of nitrogens with zero attached hydrogens (tertiary/aromatic N) is 1. The van der Waals surface area contributed by atoms with E-state index in [1.807, 2.05) is 0 Å². The molecule has 0 radical (unpaired) electrons. The molecule has 0 fully saturated rings. The summed E-state index contributed by atoms with van der Waals surface area (Å²) in [5.41, 5.74) is -0.595. The number of rotatable bonds is 3. The first kappa shape index (κ1) is 16.5. The van der Waals surface area contributed by atoms with Gasteiger partial charge in [-0.1, -0.05) is 6.07 Å². The number of carbonyl (C=O) groups is 1. The molecule has 0 spiro atoms. The second-order valence-corrected chi connectivity index (χ2v) is 5.30. The maximum absolute atomic E-state index is 13.7. The Morgan fingerprint density at radius 3 is 2.40 bits per heavy atom. The third-order valence-corrected chi connectivity index (χ3v) is 2.50. The Labute approximate surface area is 118 Å². The van der Waals surface area contributed by atoms with E-state index in [0.29, 0.717) is 12.2 Å². The Kier molecular flexibility index (Phi) is 5.13. The molecule has 1 amide bonds. The molecule has 1 aromatic carbocycles. The van der Waals surface area contributed by atoms with Crippen molar-refractivity contribution in [1.29, 1.82) is 0 Å². The van der Waals surface area contributed by atoms with Crippen molar-refractivity contribution in [1.82, 2.24) is 0 Å². The van der Waals surface area contributed by atoms with Gasteiger partial charge in [-0.25, -0.2) is 9.18 Å². The summed E-state index contributed by atoms with van der Waals surface area (Å²) in [6, 6.07) is 3.73. The first-order chi connectivity index (χ1) is 9.15. The highest BCUT2D eigenvalue weighted by atomic mass is 19.1. The van der Waals surface area contributed by atoms with E-state index >= 15 is 0 Å². The Morgan fingerprint density at radius 1 is 1.40 bits per heavy atom. The molecule has 0 saturated heterocycles. The molecule has 7 heteroatoms. The number of halogens is 1. The summed E-state index contributed by atoms with van der Waals surface area (Å²) in [4.78, 5) is 13.3. The Bertz CT molecular complexity index is 488. The van der Waals surface area contributed by atoms with Crippen LogP contribution in [0.2, 0.25) is 0 Å². The van der Waals surface area contributed by atoms with Crippen LogP contribution in [0.1, 0.15) is 27.7 Å². The zero-order valence-electron chi connectivity index (χ0n) is 12.1. The van der Waals surface area contributed by atoms with Crippen LogP contribution in [0.4, 0.5) is 14.9 Å². The van der Waals surface area contributed by atoms with E-state index < -0.39 is 24.6 Å². The van der Waals surface area contributed by atoms with Crippen LogP contribution in [0, 0.1) is 5.82 Å². The third-order valence-electron chi connectivity index (χ3n) is 2.50. The molecule has 5 nitrogen and oxygen atoms in total. The lowest BCUT2D eigenvalue weighted by molar-refractivity contribution is 0.0582. The lowest BCUT2D eigenvalue weighted by atomic mass is 9.80. The minimum atomic E-state index is -1.89. The Morgan fingerprint density at radius 2 is 2.00 bits per heavy atom. The van der Waals surface area contributed by atoms with Crippen LogP contribution in [0.15, 0.2) is 18.2 Å². The smallest absolute Gasteiger partial charge is 0.443 e. The fraction of sp³-hybridized carbons (Fsp3) is 0.462. The summed E-state index contributed by atoms with van der Waals surface area (Å²) < 4.78 is 18.9. The van der Waals surface area contributed by atoms with Crippen molar-refractivity contribution in [3.63, 3.8) is 0 Å². The standard InChI is InChI=1S/C13H19BFNO4/c1-5-16(12(17)20-13(2,3)4)9-6-7-10(14(18)19)11(15)8-9/h6-8,18-19H,5H2,1-4H3. The van der Waals surface area contributed by atoms with Gasteiger partial charge in [-0.05, 0) is 39.8 Å². The number of benzene rings is 1. The average Bonchev–Trinajstić information content (AvgIpc) is 2.26. The van der Waals surface area contributed by atoms with E-state index in [0.717, 1.165) is 6.07 Å². The summed E-state index contributed by atoms with van der Waals surface area (Å²) in [6.07, 6.45) is -0.586. The molecule has 2 N–H and O–H groups in total. The topological polar surface area (TPSA) is 70.0 Å². The molecule has 0 atom stereocenters. The van der Waals surface area contributed by atoms with Crippen LogP contribution < -0.4 is 10.4 Å². The number of carbonyl (C=O) groups excluding carboxylic acids is 1. The van der Waals surface area contributed by atoms with Gasteiger partial charge >= 0.3 is 13.2 Å². The molecule has 0 unspecified atom stereocenters. The molecular formula is C13H19BFNO4. The van der Waals surface area contributed by atoms with Crippen LogP contribution in [-0.2, 0) is 4.74 Å². The summed E-state index contributed by atoms with van der Waals surface area (Å²) in [6.45, 7) is 7.26. The second kappa shape index (κ2) is 6.24. The van der Waals surface area contributed by atoms with Crippen molar-refractivity contribution in [3.8, 4) is 0 Å². The number of amides is 1. The monoisotopic (exact) mass is 283 g/mol. The van der Waals surface area contributed by atoms with E-state index in [4.69, 9.17) is 14.8 Å². The summed E-state index contributed by atoms with van der Waals surface area (Å²) in [5.74, 6) is -0.792. The normalized spacial score (nSPS) is 11.2. The molecular weight excluding hydrogens is 264 g/mol. The second-order valence-electron chi connectivity index (χ2n) is 5.30. The van der Waals surface area contributed by atoms with Crippen LogP contribution in [0.25, 0.3) is 0 Å². The third kappa shape index (κ3) is 4.21. The predicted octanol–water partition coefficient (Wildman–Crippen LogP) is 1.27. The van der Waals surface area contributed by atoms with Crippen molar-refractivity contribution in [2.75, 3.05) is 11.4 Å². The minimum Gasteiger partial charge on any atom is -0.443 e. The van der Waals surface area contributed by atoms with Gasteiger partial charge in [0.05, 0.1) is 0 Å². The zero-order chi connectivity index (χ0) is 15.5. The number of hydrogen-bond donors (Lipinski definition) is 2. The SMILES string of the molecule is CCN(C(=O)OC(C)(C)C)c1ccc(B(O)O)c(F)c1. The van der Waals surface area contributed by atoms with Gasteiger partial charge in [-0.15, -0.1) is 0 Å². The lowest BCUT2D eigenvalue weighted by Crippen LogP contribution is -2.38. The van der Waals surface area contributed by atoms with Crippen LogP contribution in [0.5, 0.6) is 0 Å². The molecule has 0 bridgehead atoms. The lowest BCUT2D eigenvalue weighted by Gasteiger charge is -2.26. The Balaban J connectivity index is 3.02. The van der Waals surface area contributed by atoms with Gasteiger partial charge < -0.3 is 14.8 Å². The van der Waals surface area contributed by atoms with Crippen molar-refractivity contribution < 1.29 is 24.0 Å². The highest BCUT2D eigenvalue weighted by Gasteiger charge is 2.24. The van der Waals surface area contributed by atoms with Crippen molar-refractivity contribution in [2.45, 2.75) is 33.3 Å². The largest absolute Gasteiger partial charge is 0.491 e. The van der Waals surface area contributed by atoms with Crippen LogP contribution in [-0.4, -0.2) is 35.4 Å². The van der Waals surface area contributed by atoms with E-state index in [1.54, 1.807) is 27.7 Å². The van der Waals surface area contributed by atoms with Gasteiger partial charge in [0.1, 0.15) is 11.4 Å². The highest BCUT2D eigenvalue weighted by molar-refractivity contribution is 6.58. The van der Waals surface area contributed by atoms with Gasteiger partial charge in [0.15, 0.2) is 0 Å². The molecule has 0 aliphatic heterocycles. The van der Waals surface area contributed by atoms with Crippen molar-refractivity contribution in [2.24, 2.45) is 0 Å². The maximum Gasteiger partial charge on any atom is 0.491 e. The predicted molar refractivity (Wildman–Crippen MR) is 75.5 cm³/mol. The molecule has 0 saturated carbocycles. The molecule has 20 heavy (non-hydrogen) atoms. The molecule has 0 aliphatic rings. The molecule has 110 valence electrons. The Hall–Kier alpha value is -1.60. The van der Waals surface area contributed by atoms with Gasteiger partial charge in [-0.2, -0.15) is 0 Å². The summed E-state index contributed by atoms with van der Waals surface area (Å²) in [5, 5.41) is 17.9. The summed E-state index contributed by atoms with van der Waals surface area (Å²) >= 11 is 0.